The number of aliphatic imine (C=N–C) groups is 1. The van der Waals surface area contributed by atoms with Gasteiger partial charge in [-0.05, 0) is 12.5 Å². The summed E-state index contributed by atoms with van der Waals surface area (Å²) in [6, 6.07) is 9.92. The average molecular weight is 249 g/mol. The third-order valence-electron chi connectivity index (χ3n) is 2.60. The summed E-state index contributed by atoms with van der Waals surface area (Å²) in [4.78, 5) is 15.5. The first kappa shape index (κ1) is 12.0. The van der Waals surface area contributed by atoms with Gasteiger partial charge in [-0.3, -0.25) is 9.79 Å². The number of amidine groups is 1. The van der Waals surface area contributed by atoms with Gasteiger partial charge in [0.2, 0.25) is 5.91 Å². The average Bonchev–Trinajstić information content (AvgIpc) is 2.78. The van der Waals surface area contributed by atoms with Crippen LogP contribution in [-0.2, 0) is 4.79 Å². The standard InChI is InChI=1S/C12H15N3OS/c1-8(11(13)16)14-12-15-10(7-17-12)9-5-3-2-4-6-9/h2-6,8,10H,7H2,1H3,(H2,13,16)(H,14,15). The van der Waals surface area contributed by atoms with Gasteiger partial charge >= 0.3 is 0 Å². The first-order chi connectivity index (χ1) is 8.16. The Morgan fingerprint density at radius 1 is 1.53 bits per heavy atom. The van der Waals surface area contributed by atoms with Crippen molar-refractivity contribution < 1.29 is 4.79 Å². The molecule has 1 aromatic carbocycles. The van der Waals surface area contributed by atoms with Crippen molar-refractivity contribution in [2.75, 3.05) is 5.75 Å². The van der Waals surface area contributed by atoms with E-state index in [1.807, 2.05) is 18.2 Å². The number of benzene rings is 1. The van der Waals surface area contributed by atoms with Crippen molar-refractivity contribution in [2.45, 2.75) is 19.0 Å². The summed E-state index contributed by atoms with van der Waals surface area (Å²) in [5.41, 5.74) is 6.39. The molecule has 0 saturated heterocycles. The molecule has 1 aliphatic heterocycles. The van der Waals surface area contributed by atoms with Crippen LogP contribution in [0.15, 0.2) is 35.3 Å². The monoisotopic (exact) mass is 249 g/mol. The number of thioether (sulfide) groups is 1. The molecule has 17 heavy (non-hydrogen) atoms. The summed E-state index contributed by atoms with van der Waals surface area (Å²) in [5.74, 6) is 0.536. The van der Waals surface area contributed by atoms with E-state index in [0.29, 0.717) is 0 Å². The highest BCUT2D eigenvalue weighted by molar-refractivity contribution is 8.14. The van der Waals surface area contributed by atoms with Gasteiger partial charge in [-0.2, -0.15) is 0 Å². The lowest BCUT2D eigenvalue weighted by Gasteiger charge is -2.09. The molecule has 2 atom stereocenters. The number of hydrogen-bond acceptors (Lipinski definition) is 4. The lowest BCUT2D eigenvalue weighted by Crippen LogP contribution is -2.40. The summed E-state index contributed by atoms with van der Waals surface area (Å²) >= 11 is 1.62. The number of carbonyl (C=O) groups is 1. The van der Waals surface area contributed by atoms with Gasteiger partial charge in [0.15, 0.2) is 5.17 Å². The normalized spacial score (nSPS) is 20.8. The molecule has 2 unspecified atom stereocenters. The van der Waals surface area contributed by atoms with E-state index in [2.05, 4.69) is 22.4 Å². The fourth-order valence-corrected chi connectivity index (χ4v) is 2.60. The van der Waals surface area contributed by atoms with Crippen LogP contribution < -0.4 is 11.1 Å². The Morgan fingerprint density at radius 2 is 2.24 bits per heavy atom. The molecule has 0 saturated carbocycles. The number of nitrogens with zero attached hydrogens (tertiary/aromatic N) is 1. The van der Waals surface area contributed by atoms with Gasteiger partial charge in [0.05, 0.1) is 6.04 Å². The van der Waals surface area contributed by atoms with Crippen LogP contribution in [0.4, 0.5) is 0 Å². The van der Waals surface area contributed by atoms with Crippen molar-refractivity contribution >= 4 is 22.8 Å². The van der Waals surface area contributed by atoms with Gasteiger partial charge in [0.1, 0.15) is 6.04 Å². The number of nitrogens with one attached hydrogen (secondary N) is 1. The van der Waals surface area contributed by atoms with Crippen molar-refractivity contribution in [2.24, 2.45) is 10.7 Å². The Balaban J connectivity index is 2.02. The minimum absolute atomic E-state index is 0.170. The number of rotatable bonds is 3. The first-order valence-electron chi connectivity index (χ1n) is 5.48. The van der Waals surface area contributed by atoms with Crippen LogP contribution in [0.1, 0.15) is 18.5 Å². The highest BCUT2D eigenvalue weighted by atomic mass is 32.2. The highest BCUT2D eigenvalue weighted by Gasteiger charge is 2.21. The zero-order chi connectivity index (χ0) is 12.3. The maximum atomic E-state index is 10.9. The molecule has 3 N–H and O–H groups in total. The Kier molecular flexibility index (Phi) is 3.68. The minimum Gasteiger partial charge on any atom is -0.368 e. The third kappa shape index (κ3) is 3.00. The van der Waals surface area contributed by atoms with Gasteiger partial charge in [0.25, 0.3) is 0 Å². The number of nitrogens with two attached hydrogens (primary N) is 1. The van der Waals surface area contributed by atoms with Crippen LogP contribution in [0.2, 0.25) is 0 Å². The zero-order valence-electron chi connectivity index (χ0n) is 9.59. The molecule has 2 rings (SSSR count). The number of carbonyl (C=O) groups excluding carboxylic acids is 1. The number of primary amides is 1. The quantitative estimate of drug-likeness (QED) is 0.848. The zero-order valence-corrected chi connectivity index (χ0v) is 10.4. The van der Waals surface area contributed by atoms with Crippen molar-refractivity contribution in [3.05, 3.63) is 35.9 Å². The molecule has 0 fully saturated rings. The van der Waals surface area contributed by atoms with Crippen LogP contribution >= 0.6 is 11.8 Å². The van der Waals surface area contributed by atoms with E-state index in [9.17, 15) is 4.79 Å². The molecular weight excluding hydrogens is 234 g/mol. The predicted octanol–water partition coefficient (Wildman–Crippen LogP) is 1.29. The summed E-state index contributed by atoms with van der Waals surface area (Å²) in [6.07, 6.45) is 0. The van der Waals surface area contributed by atoms with Crippen LogP contribution in [0.5, 0.6) is 0 Å². The molecule has 0 bridgehead atoms. The van der Waals surface area contributed by atoms with Crippen LogP contribution in [0, 0.1) is 0 Å². The number of hydrogen-bond donors (Lipinski definition) is 2. The Hall–Kier alpha value is -1.49. The molecule has 1 heterocycles. The van der Waals surface area contributed by atoms with Gasteiger partial charge in [0, 0.05) is 5.75 Å². The van der Waals surface area contributed by atoms with Crippen molar-refractivity contribution in [1.82, 2.24) is 5.32 Å². The molecule has 1 aromatic rings. The lowest BCUT2D eigenvalue weighted by molar-refractivity contribution is -0.119. The van der Waals surface area contributed by atoms with Crippen LogP contribution in [-0.4, -0.2) is 22.9 Å². The maximum absolute atomic E-state index is 10.9. The van der Waals surface area contributed by atoms with E-state index < -0.39 is 0 Å². The Bertz CT molecular complexity index is 433. The number of amides is 1. The fourth-order valence-electron chi connectivity index (χ4n) is 1.56. The van der Waals surface area contributed by atoms with E-state index in [1.54, 1.807) is 18.7 Å². The molecule has 0 radical (unpaired) electrons. The van der Waals surface area contributed by atoms with Gasteiger partial charge in [-0.1, -0.05) is 42.1 Å². The molecule has 0 aromatic heterocycles. The SMILES string of the molecule is CC(NC1=NC(c2ccccc2)CS1)C(N)=O. The molecule has 5 heteroatoms. The van der Waals surface area contributed by atoms with Crippen molar-refractivity contribution in [3.8, 4) is 0 Å². The van der Waals surface area contributed by atoms with Crippen LogP contribution in [0.3, 0.4) is 0 Å². The molecule has 1 aliphatic rings. The second kappa shape index (κ2) is 5.23. The predicted molar refractivity (Wildman–Crippen MR) is 70.9 cm³/mol. The van der Waals surface area contributed by atoms with Crippen LogP contribution in [0.25, 0.3) is 0 Å². The maximum Gasteiger partial charge on any atom is 0.239 e. The fraction of sp³-hybridized carbons (Fsp3) is 0.333. The van der Waals surface area contributed by atoms with Gasteiger partial charge < -0.3 is 11.1 Å². The molecule has 0 aliphatic carbocycles. The lowest BCUT2D eigenvalue weighted by atomic mass is 10.1. The van der Waals surface area contributed by atoms with E-state index >= 15 is 0 Å². The largest absolute Gasteiger partial charge is 0.368 e. The van der Waals surface area contributed by atoms with E-state index in [0.717, 1.165) is 10.9 Å². The Morgan fingerprint density at radius 3 is 2.88 bits per heavy atom. The summed E-state index contributed by atoms with van der Waals surface area (Å²) in [7, 11) is 0. The Labute approximate surface area is 105 Å². The third-order valence-corrected chi connectivity index (χ3v) is 3.58. The van der Waals surface area contributed by atoms with Crippen molar-refractivity contribution in [1.29, 1.82) is 0 Å². The summed E-state index contributed by atoms with van der Waals surface area (Å²) < 4.78 is 0. The second-order valence-electron chi connectivity index (χ2n) is 3.94. The second-order valence-corrected chi connectivity index (χ2v) is 4.95. The van der Waals surface area contributed by atoms with E-state index in [4.69, 9.17) is 5.73 Å². The summed E-state index contributed by atoms with van der Waals surface area (Å²) in [5, 5.41) is 3.81. The summed E-state index contributed by atoms with van der Waals surface area (Å²) in [6.45, 7) is 1.74. The molecule has 90 valence electrons. The highest BCUT2D eigenvalue weighted by Crippen LogP contribution is 2.29. The van der Waals surface area contributed by atoms with Gasteiger partial charge in [-0.25, -0.2) is 0 Å². The first-order valence-corrected chi connectivity index (χ1v) is 6.47. The van der Waals surface area contributed by atoms with Gasteiger partial charge in [-0.15, -0.1) is 0 Å². The molecule has 4 nitrogen and oxygen atoms in total. The smallest absolute Gasteiger partial charge is 0.239 e. The molecule has 1 amide bonds. The minimum atomic E-state index is -0.379. The topological polar surface area (TPSA) is 67.5 Å². The van der Waals surface area contributed by atoms with E-state index in [-0.39, 0.29) is 18.0 Å². The van der Waals surface area contributed by atoms with Crippen molar-refractivity contribution in [3.63, 3.8) is 0 Å². The molecule has 0 spiro atoms. The molecular formula is C12H15N3OS. The van der Waals surface area contributed by atoms with E-state index in [1.165, 1.54) is 5.56 Å².